The van der Waals surface area contributed by atoms with Crippen molar-refractivity contribution < 1.29 is 4.79 Å². The average molecular weight is 235 g/mol. The van der Waals surface area contributed by atoms with Gasteiger partial charge in [-0.05, 0) is 25.7 Å². The third-order valence-electron chi connectivity index (χ3n) is 4.11. The van der Waals surface area contributed by atoms with Crippen molar-refractivity contribution in [2.24, 2.45) is 0 Å². The molecule has 0 aromatic rings. The maximum atomic E-state index is 11.3. The van der Waals surface area contributed by atoms with Crippen molar-refractivity contribution in [3.05, 3.63) is 0 Å². The van der Waals surface area contributed by atoms with Crippen molar-refractivity contribution in [1.82, 2.24) is 10.2 Å². The summed E-state index contributed by atoms with van der Waals surface area (Å²) in [6.45, 7) is 3.02. The van der Waals surface area contributed by atoms with E-state index in [1.54, 1.807) is 6.92 Å². The molecule has 4 heteroatoms. The second-order valence-corrected chi connectivity index (χ2v) is 5.33. The van der Waals surface area contributed by atoms with E-state index < -0.39 is 0 Å². The average Bonchev–Trinajstić information content (AvgIpc) is 2.82. The van der Waals surface area contributed by atoms with Crippen LogP contribution in [0.15, 0.2) is 0 Å². The molecule has 0 atom stereocenters. The van der Waals surface area contributed by atoms with Crippen molar-refractivity contribution in [3.63, 3.8) is 0 Å². The second kappa shape index (κ2) is 5.05. The number of carbonyl (C=O) groups excluding carboxylic acids is 1. The van der Waals surface area contributed by atoms with Crippen molar-refractivity contribution >= 4 is 5.91 Å². The third kappa shape index (κ3) is 2.78. The molecular formula is C13H21N3O. The summed E-state index contributed by atoms with van der Waals surface area (Å²) in [6, 6.07) is 2.97. The van der Waals surface area contributed by atoms with E-state index in [0.717, 1.165) is 12.8 Å². The van der Waals surface area contributed by atoms with Crippen molar-refractivity contribution in [3.8, 4) is 6.07 Å². The van der Waals surface area contributed by atoms with E-state index in [9.17, 15) is 10.1 Å². The Balaban J connectivity index is 1.93. The van der Waals surface area contributed by atoms with Crippen molar-refractivity contribution in [2.75, 3.05) is 13.1 Å². The molecule has 1 amide bonds. The van der Waals surface area contributed by atoms with E-state index in [2.05, 4.69) is 11.4 Å². The first kappa shape index (κ1) is 12.4. The molecule has 2 fully saturated rings. The Hall–Kier alpha value is -1.08. The fourth-order valence-corrected chi connectivity index (χ4v) is 2.95. The molecule has 0 bridgehead atoms. The number of nitriles is 1. The largest absolute Gasteiger partial charge is 0.343 e. The summed E-state index contributed by atoms with van der Waals surface area (Å²) in [7, 11) is 0. The number of hydrogen-bond acceptors (Lipinski definition) is 3. The first-order chi connectivity index (χ1) is 8.15. The number of hydrogen-bond donors (Lipinski definition) is 1. The van der Waals surface area contributed by atoms with Crippen LogP contribution in [-0.2, 0) is 4.79 Å². The highest BCUT2D eigenvalue weighted by atomic mass is 16.2. The minimum Gasteiger partial charge on any atom is -0.343 e. The number of nitrogens with zero attached hydrogens (tertiary/aromatic N) is 2. The van der Waals surface area contributed by atoms with Crippen molar-refractivity contribution in [1.29, 1.82) is 5.26 Å². The normalized spacial score (nSPS) is 24.6. The van der Waals surface area contributed by atoms with Gasteiger partial charge in [0.1, 0.15) is 5.54 Å². The Labute approximate surface area is 103 Å². The van der Waals surface area contributed by atoms with Crippen LogP contribution in [0.4, 0.5) is 0 Å². The molecule has 17 heavy (non-hydrogen) atoms. The van der Waals surface area contributed by atoms with Crippen LogP contribution in [0, 0.1) is 11.3 Å². The van der Waals surface area contributed by atoms with Crippen LogP contribution in [0.5, 0.6) is 0 Å². The Morgan fingerprint density at radius 1 is 1.35 bits per heavy atom. The van der Waals surface area contributed by atoms with Gasteiger partial charge in [-0.2, -0.15) is 5.26 Å². The van der Waals surface area contributed by atoms with Crippen LogP contribution in [0.2, 0.25) is 0 Å². The molecule has 1 saturated heterocycles. The minimum atomic E-state index is -0.388. The van der Waals surface area contributed by atoms with E-state index in [4.69, 9.17) is 0 Å². The van der Waals surface area contributed by atoms with Crippen LogP contribution in [0.25, 0.3) is 0 Å². The van der Waals surface area contributed by atoms with Gasteiger partial charge in [0.25, 0.3) is 0 Å². The molecule has 0 spiro atoms. The van der Waals surface area contributed by atoms with Crippen LogP contribution >= 0.6 is 0 Å². The number of nitrogens with one attached hydrogen (secondary N) is 1. The molecule has 1 aliphatic carbocycles. The number of likely N-dealkylation sites (tertiary alicyclic amines) is 1. The predicted molar refractivity (Wildman–Crippen MR) is 65.2 cm³/mol. The third-order valence-corrected chi connectivity index (χ3v) is 4.11. The van der Waals surface area contributed by atoms with Gasteiger partial charge < -0.3 is 4.90 Å². The summed E-state index contributed by atoms with van der Waals surface area (Å²) < 4.78 is 0. The summed E-state index contributed by atoms with van der Waals surface area (Å²) in [5.41, 5.74) is -0.388. The SMILES string of the molecule is CC(=O)N1CCC(C#N)(NC2CCCC2)CC1. The standard InChI is InChI=1S/C13H21N3O/c1-11(17)16-8-6-13(10-14,7-9-16)15-12-4-2-3-5-12/h12,15H,2-9H2,1H3. The van der Waals surface area contributed by atoms with E-state index in [1.165, 1.54) is 25.7 Å². The molecule has 1 aliphatic heterocycles. The lowest BCUT2D eigenvalue weighted by atomic mass is 9.88. The van der Waals surface area contributed by atoms with Gasteiger partial charge in [-0.25, -0.2) is 0 Å². The number of carbonyl (C=O) groups is 1. The van der Waals surface area contributed by atoms with Gasteiger partial charge in [0.2, 0.25) is 5.91 Å². The predicted octanol–water partition coefficient (Wildman–Crippen LogP) is 1.42. The lowest BCUT2D eigenvalue weighted by Crippen LogP contribution is -2.55. The molecule has 0 radical (unpaired) electrons. The van der Waals surface area contributed by atoms with E-state index in [-0.39, 0.29) is 11.4 Å². The van der Waals surface area contributed by atoms with Gasteiger partial charge in [-0.15, -0.1) is 0 Å². The highest BCUT2D eigenvalue weighted by Crippen LogP contribution is 2.26. The maximum Gasteiger partial charge on any atom is 0.219 e. The molecule has 2 rings (SSSR count). The summed E-state index contributed by atoms with van der Waals surface area (Å²) in [5.74, 6) is 0.123. The minimum absolute atomic E-state index is 0.123. The fraction of sp³-hybridized carbons (Fsp3) is 0.846. The lowest BCUT2D eigenvalue weighted by Gasteiger charge is -2.39. The molecule has 1 N–H and O–H groups in total. The number of rotatable bonds is 2. The summed E-state index contributed by atoms with van der Waals surface area (Å²) in [6.07, 6.45) is 6.47. The molecule has 1 heterocycles. The Morgan fingerprint density at radius 2 is 1.94 bits per heavy atom. The monoisotopic (exact) mass is 235 g/mol. The van der Waals surface area contributed by atoms with Gasteiger partial charge in [0.15, 0.2) is 0 Å². The quantitative estimate of drug-likeness (QED) is 0.787. The van der Waals surface area contributed by atoms with Gasteiger partial charge in [0.05, 0.1) is 6.07 Å². The molecule has 0 aromatic heterocycles. The molecule has 2 aliphatic rings. The number of piperidine rings is 1. The Bertz CT molecular complexity index is 320. The highest BCUT2D eigenvalue weighted by molar-refractivity contribution is 5.73. The highest BCUT2D eigenvalue weighted by Gasteiger charge is 2.37. The zero-order valence-corrected chi connectivity index (χ0v) is 10.5. The van der Waals surface area contributed by atoms with Crippen LogP contribution in [0.3, 0.4) is 0 Å². The van der Waals surface area contributed by atoms with Gasteiger partial charge in [-0.1, -0.05) is 12.8 Å². The van der Waals surface area contributed by atoms with E-state index >= 15 is 0 Å². The maximum absolute atomic E-state index is 11.3. The smallest absolute Gasteiger partial charge is 0.219 e. The van der Waals surface area contributed by atoms with E-state index in [1.807, 2.05) is 4.90 Å². The molecule has 0 unspecified atom stereocenters. The van der Waals surface area contributed by atoms with E-state index in [0.29, 0.717) is 19.1 Å². The first-order valence-electron chi connectivity index (χ1n) is 6.60. The van der Waals surface area contributed by atoms with Gasteiger partial charge >= 0.3 is 0 Å². The summed E-state index contributed by atoms with van der Waals surface area (Å²) >= 11 is 0. The lowest BCUT2D eigenvalue weighted by molar-refractivity contribution is -0.130. The fourth-order valence-electron chi connectivity index (χ4n) is 2.95. The first-order valence-corrected chi connectivity index (χ1v) is 6.60. The summed E-state index contributed by atoms with van der Waals surface area (Å²) in [5, 5.41) is 13.0. The summed E-state index contributed by atoms with van der Waals surface area (Å²) in [4.78, 5) is 13.1. The van der Waals surface area contributed by atoms with Gasteiger partial charge in [0, 0.05) is 26.1 Å². The second-order valence-electron chi connectivity index (χ2n) is 5.33. The van der Waals surface area contributed by atoms with Gasteiger partial charge in [-0.3, -0.25) is 10.1 Å². The Kier molecular flexibility index (Phi) is 3.68. The molecule has 0 aromatic carbocycles. The molecule has 4 nitrogen and oxygen atoms in total. The zero-order valence-electron chi connectivity index (χ0n) is 10.5. The van der Waals surface area contributed by atoms with Crippen LogP contribution in [-0.4, -0.2) is 35.5 Å². The topological polar surface area (TPSA) is 56.1 Å². The zero-order chi connectivity index (χ0) is 12.3. The van der Waals surface area contributed by atoms with Crippen molar-refractivity contribution in [2.45, 2.75) is 57.0 Å². The molecular weight excluding hydrogens is 214 g/mol. The number of amides is 1. The molecule has 1 saturated carbocycles. The Morgan fingerprint density at radius 3 is 2.41 bits per heavy atom. The van der Waals surface area contributed by atoms with Crippen LogP contribution < -0.4 is 5.32 Å². The van der Waals surface area contributed by atoms with Crippen LogP contribution in [0.1, 0.15) is 45.4 Å². The molecule has 94 valence electrons.